The van der Waals surface area contributed by atoms with Crippen LogP contribution in [0.15, 0.2) is 76.2 Å². The molecule has 0 aliphatic carbocycles. The van der Waals surface area contributed by atoms with Crippen molar-refractivity contribution >= 4 is 16.9 Å². The predicted molar refractivity (Wildman–Crippen MR) is 114 cm³/mol. The molecule has 7 heteroatoms. The lowest BCUT2D eigenvalue weighted by molar-refractivity contribution is -0.140. The number of rotatable bonds is 5. The molecule has 2 N–H and O–H groups in total. The van der Waals surface area contributed by atoms with Gasteiger partial charge in [0.2, 0.25) is 0 Å². The van der Waals surface area contributed by atoms with Crippen molar-refractivity contribution in [2.45, 2.75) is 12.3 Å². The first kappa shape index (κ1) is 20.2. The number of pyridine rings is 1. The molecule has 4 aromatic rings. The number of esters is 1. The number of aromatic hydroxyl groups is 2. The van der Waals surface area contributed by atoms with Gasteiger partial charge in [-0.3, -0.25) is 14.6 Å². The second-order valence-corrected chi connectivity index (χ2v) is 6.99. The molecule has 2 aromatic carbocycles. The summed E-state index contributed by atoms with van der Waals surface area (Å²) in [5.74, 6) is -1.69. The quantitative estimate of drug-likeness (QED) is 0.473. The first-order valence-electron chi connectivity index (χ1n) is 9.54. The molecule has 156 valence electrons. The van der Waals surface area contributed by atoms with Crippen molar-refractivity contribution in [1.82, 2.24) is 4.98 Å². The van der Waals surface area contributed by atoms with Crippen LogP contribution in [0.25, 0.3) is 22.3 Å². The number of nitrogens with zero attached hydrogens (tertiary/aromatic N) is 1. The number of hydrogen-bond donors (Lipinski definition) is 2. The lowest BCUT2D eigenvalue weighted by Gasteiger charge is -2.20. The van der Waals surface area contributed by atoms with E-state index in [2.05, 4.69) is 4.98 Å². The summed E-state index contributed by atoms with van der Waals surface area (Å²) in [7, 11) is 1.27. The van der Waals surface area contributed by atoms with E-state index >= 15 is 0 Å². The Morgan fingerprint density at radius 1 is 1.10 bits per heavy atom. The first-order chi connectivity index (χ1) is 15.0. The fourth-order valence-corrected chi connectivity index (χ4v) is 3.62. The van der Waals surface area contributed by atoms with Gasteiger partial charge in [0.15, 0.2) is 5.43 Å². The number of fused-ring (bicyclic) bond motifs is 1. The smallest absolute Gasteiger partial charge is 0.306 e. The summed E-state index contributed by atoms with van der Waals surface area (Å²) < 4.78 is 10.9. The average molecular weight is 417 g/mol. The minimum atomic E-state index is -0.724. The molecule has 1 atom stereocenters. The van der Waals surface area contributed by atoms with E-state index < -0.39 is 23.1 Å². The van der Waals surface area contributed by atoms with E-state index in [4.69, 9.17) is 9.15 Å². The SMILES string of the molecule is COC(=O)C[C@@H](c1cccnc1)c1c(O)cc(O)c2c(=O)cc(-c3ccccc3)oc12. The van der Waals surface area contributed by atoms with Crippen LogP contribution in [0.5, 0.6) is 11.5 Å². The fourth-order valence-electron chi connectivity index (χ4n) is 3.62. The molecule has 2 heterocycles. The third-order valence-corrected chi connectivity index (χ3v) is 5.09. The number of carbonyl (C=O) groups excluding carboxylic acids is 1. The highest BCUT2D eigenvalue weighted by atomic mass is 16.5. The molecule has 0 unspecified atom stereocenters. The van der Waals surface area contributed by atoms with Crippen LogP contribution in [-0.2, 0) is 9.53 Å². The lowest BCUT2D eigenvalue weighted by atomic mass is 9.87. The Labute approximate surface area is 177 Å². The highest BCUT2D eigenvalue weighted by molar-refractivity contribution is 5.90. The van der Waals surface area contributed by atoms with Gasteiger partial charge in [0.05, 0.1) is 13.5 Å². The molecule has 0 radical (unpaired) electrons. The molecule has 0 aliphatic rings. The van der Waals surface area contributed by atoms with Crippen molar-refractivity contribution in [2.24, 2.45) is 0 Å². The first-order valence-corrected chi connectivity index (χ1v) is 9.54. The average Bonchev–Trinajstić information content (AvgIpc) is 2.78. The summed E-state index contributed by atoms with van der Waals surface area (Å²) in [6.45, 7) is 0. The van der Waals surface area contributed by atoms with Crippen LogP contribution >= 0.6 is 0 Å². The molecule has 0 amide bonds. The van der Waals surface area contributed by atoms with Gasteiger partial charge in [0.25, 0.3) is 0 Å². The molecular weight excluding hydrogens is 398 g/mol. The summed E-state index contributed by atoms with van der Waals surface area (Å²) in [5, 5.41) is 21.1. The van der Waals surface area contributed by atoms with Gasteiger partial charge in [-0.2, -0.15) is 0 Å². The van der Waals surface area contributed by atoms with E-state index in [9.17, 15) is 19.8 Å². The minimum Gasteiger partial charge on any atom is -0.507 e. The number of phenols is 2. The monoisotopic (exact) mass is 417 g/mol. The predicted octanol–water partition coefficient (Wildman–Crippen LogP) is 3.96. The molecule has 0 aliphatic heterocycles. The lowest BCUT2D eigenvalue weighted by Crippen LogP contribution is -2.12. The topological polar surface area (TPSA) is 110 Å². The zero-order valence-corrected chi connectivity index (χ0v) is 16.6. The molecule has 0 fully saturated rings. The van der Waals surface area contributed by atoms with Crippen molar-refractivity contribution in [3.05, 3.63) is 88.3 Å². The highest BCUT2D eigenvalue weighted by Crippen LogP contribution is 2.42. The molecule has 0 spiro atoms. The van der Waals surface area contributed by atoms with Crippen LogP contribution < -0.4 is 5.43 Å². The van der Waals surface area contributed by atoms with Gasteiger partial charge in [-0.05, 0) is 11.6 Å². The van der Waals surface area contributed by atoms with Crippen LogP contribution in [0.4, 0.5) is 0 Å². The number of ether oxygens (including phenoxy) is 1. The number of aromatic nitrogens is 1. The highest BCUT2D eigenvalue weighted by Gasteiger charge is 2.28. The van der Waals surface area contributed by atoms with Gasteiger partial charge in [-0.1, -0.05) is 36.4 Å². The van der Waals surface area contributed by atoms with Crippen LogP contribution in [0.2, 0.25) is 0 Å². The number of carbonyl (C=O) groups is 1. The van der Waals surface area contributed by atoms with E-state index in [1.54, 1.807) is 48.8 Å². The zero-order chi connectivity index (χ0) is 22.0. The Hall–Kier alpha value is -4.13. The van der Waals surface area contributed by atoms with E-state index in [1.165, 1.54) is 13.2 Å². The number of phenolic OH excluding ortho intramolecular Hbond substituents is 2. The fraction of sp³-hybridized carbons (Fsp3) is 0.125. The maximum absolute atomic E-state index is 12.9. The van der Waals surface area contributed by atoms with Crippen LogP contribution in [0.1, 0.15) is 23.5 Å². The standard InChI is InChI=1S/C24H19NO6/c1-30-21(29)10-16(15-8-5-9-25-13-15)22-17(26)11-18(27)23-19(28)12-20(31-24(22)23)14-6-3-2-4-7-14/h2-9,11-13,16,26-27H,10H2,1H3/t16-/m0/s1. The molecule has 4 rings (SSSR count). The number of methoxy groups -OCH3 is 1. The minimum absolute atomic E-state index is 0.00149. The Kier molecular flexibility index (Phi) is 5.41. The Bertz CT molecular complexity index is 1300. The number of hydrogen-bond acceptors (Lipinski definition) is 7. The van der Waals surface area contributed by atoms with Gasteiger partial charge < -0.3 is 19.4 Å². The Balaban J connectivity index is 2.04. The molecule has 31 heavy (non-hydrogen) atoms. The van der Waals surface area contributed by atoms with E-state index in [0.29, 0.717) is 11.1 Å². The summed E-state index contributed by atoms with van der Waals surface area (Å²) in [6.07, 6.45) is 3.01. The second kappa shape index (κ2) is 8.31. The third-order valence-electron chi connectivity index (χ3n) is 5.09. The third kappa shape index (κ3) is 3.85. The van der Waals surface area contributed by atoms with E-state index in [-0.39, 0.29) is 34.5 Å². The zero-order valence-electron chi connectivity index (χ0n) is 16.6. The van der Waals surface area contributed by atoms with Gasteiger partial charge in [-0.15, -0.1) is 0 Å². The Morgan fingerprint density at radius 3 is 2.55 bits per heavy atom. The Morgan fingerprint density at radius 2 is 1.87 bits per heavy atom. The summed E-state index contributed by atoms with van der Waals surface area (Å²) in [4.78, 5) is 29.2. The van der Waals surface area contributed by atoms with Crippen molar-refractivity contribution in [3.63, 3.8) is 0 Å². The maximum Gasteiger partial charge on any atom is 0.306 e. The maximum atomic E-state index is 12.9. The van der Waals surface area contributed by atoms with Crippen molar-refractivity contribution in [1.29, 1.82) is 0 Å². The van der Waals surface area contributed by atoms with Gasteiger partial charge >= 0.3 is 5.97 Å². The largest absolute Gasteiger partial charge is 0.507 e. The van der Waals surface area contributed by atoms with Crippen molar-refractivity contribution in [2.75, 3.05) is 7.11 Å². The molecule has 0 saturated heterocycles. The van der Waals surface area contributed by atoms with Crippen LogP contribution in [-0.4, -0.2) is 28.3 Å². The molecule has 0 saturated carbocycles. The van der Waals surface area contributed by atoms with E-state index in [0.717, 1.165) is 6.07 Å². The number of benzene rings is 2. The molecular formula is C24H19NO6. The summed E-state index contributed by atoms with van der Waals surface area (Å²) >= 11 is 0. The summed E-state index contributed by atoms with van der Waals surface area (Å²) in [6, 6.07) is 14.8. The van der Waals surface area contributed by atoms with Gasteiger partial charge in [0, 0.05) is 41.6 Å². The van der Waals surface area contributed by atoms with Crippen molar-refractivity contribution in [3.8, 4) is 22.8 Å². The van der Waals surface area contributed by atoms with E-state index in [1.807, 2.05) is 6.07 Å². The molecule has 7 nitrogen and oxygen atoms in total. The summed E-state index contributed by atoms with van der Waals surface area (Å²) in [5.41, 5.74) is 0.994. The second-order valence-electron chi connectivity index (χ2n) is 6.99. The molecule has 2 aromatic heterocycles. The molecule has 0 bridgehead atoms. The van der Waals surface area contributed by atoms with Gasteiger partial charge in [-0.25, -0.2) is 0 Å². The van der Waals surface area contributed by atoms with Crippen LogP contribution in [0.3, 0.4) is 0 Å². The van der Waals surface area contributed by atoms with Gasteiger partial charge in [0.1, 0.15) is 28.2 Å². The normalized spacial score (nSPS) is 11.9. The van der Waals surface area contributed by atoms with Crippen LogP contribution in [0, 0.1) is 0 Å². The van der Waals surface area contributed by atoms with Crippen molar-refractivity contribution < 1.29 is 24.2 Å².